The molecule has 1 fully saturated rings. The molecule has 0 radical (unpaired) electrons. The summed E-state index contributed by atoms with van der Waals surface area (Å²) in [7, 11) is 0. The molecule has 1 N–H and O–H groups in total. The molecule has 1 aliphatic heterocycles. The van der Waals surface area contributed by atoms with Crippen LogP contribution in [-0.2, 0) is 4.79 Å². The first-order chi connectivity index (χ1) is 11.1. The molecule has 6 nitrogen and oxygen atoms in total. The summed E-state index contributed by atoms with van der Waals surface area (Å²) in [6.07, 6.45) is 4.43. The second-order valence-electron chi connectivity index (χ2n) is 5.31. The highest BCUT2D eigenvalue weighted by Crippen LogP contribution is 2.24. The molecule has 0 saturated carbocycles. The molecule has 3 rings (SSSR count). The number of carboxylic acids is 1. The van der Waals surface area contributed by atoms with Crippen LogP contribution in [0.25, 0.3) is 0 Å². The lowest BCUT2D eigenvalue weighted by Crippen LogP contribution is -2.40. The Hall–Kier alpha value is -2.89. The summed E-state index contributed by atoms with van der Waals surface area (Å²) in [6.45, 7) is 0.464. The Balaban J connectivity index is 1.79. The highest BCUT2D eigenvalue weighted by atomic mass is 16.5. The average molecular weight is 312 g/mol. The Bertz CT molecular complexity index is 718. The van der Waals surface area contributed by atoms with Crippen molar-refractivity contribution in [2.75, 3.05) is 6.54 Å². The van der Waals surface area contributed by atoms with Crippen LogP contribution in [0.4, 0.5) is 0 Å². The summed E-state index contributed by atoms with van der Waals surface area (Å²) in [5.41, 5.74) is 0.421. The number of ether oxygens (including phenoxy) is 1. The van der Waals surface area contributed by atoms with Crippen LogP contribution >= 0.6 is 0 Å². The van der Waals surface area contributed by atoms with Gasteiger partial charge in [-0.1, -0.05) is 6.07 Å². The van der Waals surface area contributed by atoms with E-state index in [1.165, 1.54) is 4.90 Å². The van der Waals surface area contributed by atoms with Gasteiger partial charge in [0.1, 0.15) is 17.5 Å². The molecule has 1 amide bonds. The molecular formula is C17H16N2O4. The molecular weight excluding hydrogens is 296 g/mol. The van der Waals surface area contributed by atoms with E-state index in [1.807, 2.05) is 0 Å². The zero-order valence-electron chi connectivity index (χ0n) is 12.4. The third-order valence-corrected chi connectivity index (χ3v) is 3.77. The number of amides is 1. The monoisotopic (exact) mass is 312 g/mol. The zero-order chi connectivity index (χ0) is 16.2. The van der Waals surface area contributed by atoms with Crippen molar-refractivity contribution >= 4 is 11.9 Å². The second kappa shape index (κ2) is 6.48. The maximum Gasteiger partial charge on any atom is 0.326 e. The largest absolute Gasteiger partial charge is 0.480 e. The van der Waals surface area contributed by atoms with Crippen molar-refractivity contribution in [3.8, 4) is 11.5 Å². The normalized spacial score (nSPS) is 17.0. The van der Waals surface area contributed by atoms with Gasteiger partial charge in [-0.3, -0.25) is 9.78 Å². The first kappa shape index (κ1) is 15.0. The van der Waals surface area contributed by atoms with E-state index in [9.17, 15) is 14.7 Å². The molecule has 1 aromatic carbocycles. The van der Waals surface area contributed by atoms with Gasteiger partial charge in [0.2, 0.25) is 0 Å². The van der Waals surface area contributed by atoms with E-state index in [1.54, 1.807) is 48.8 Å². The van der Waals surface area contributed by atoms with E-state index in [4.69, 9.17) is 4.74 Å². The number of hydrogen-bond acceptors (Lipinski definition) is 4. The zero-order valence-corrected chi connectivity index (χ0v) is 12.4. The maximum absolute atomic E-state index is 12.6. The van der Waals surface area contributed by atoms with E-state index in [0.29, 0.717) is 36.4 Å². The summed E-state index contributed by atoms with van der Waals surface area (Å²) in [5.74, 6) is -0.0996. The Morgan fingerprint density at radius 2 is 1.96 bits per heavy atom. The summed E-state index contributed by atoms with van der Waals surface area (Å²) < 4.78 is 5.68. The summed E-state index contributed by atoms with van der Waals surface area (Å²) in [6, 6.07) is 9.45. The predicted octanol–water partition coefficient (Wildman–Crippen LogP) is 2.56. The van der Waals surface area contributed by atoms with E-state index in [0.717, 1.165) is 0 Å². The summed E-state index contributed by atoms with van der Waals surface area (Å²) >= 11 is 0. The molecule has 0 aliphatic carbocycles. The highest BCUT2D eigenvalue weighted by Gasteiger charge is 2.34. The first-order valence-electron chi connectivity index (χ1n) is 7.37. The van der Waals surface area contributed by atoms with Crippen molar-refractivity contribution in [1.29, 1.82) is 0 Å². The van der Waals surface area contributed by atoms with Crippen LogP contribution in [0.15, 0.2) is 48.8 Å². The van der Waals surface area contributed by atoms with Gasteiger partial charge < -0.3 is 14.7 Å². The van der Waals surface area contributed by atoms with Crippen LogP contribution in [0.2, 0.25) is 0 Å². The molecule has 0 spiro atoms. The standard InChI is InChI=1S/C17H16N2O4/c20-16(19-10-2-5-15(19)17(21)22)12-3-1-4-14(11-12)23-13-6-8-18-9-7-13/h1,3-4,6-9,11,15H,2,5,10H2,(H,21,22)/t15-/m1/s1. The van der Waals surface area contributed by atoms with Crippen LogP contribution in [0.3, 0.4) is 0 Å². The van der Waals surface area contributed by atoms with Gasteiger partial charge in [-0.25, -0.2) is 4.79 Å². The average Bonchev–Trinajstić information content (AvgIpc) is 3.05. The summed E-state index contributed by atoms with van der Waals surface area (Å²) in [4.78, 5) is 29.1. The van der Waals surface area contributed by atoms with Crippen molar-refractivity contribution in [1.82, 2.24) is 9.88 Å². The molecule has 23 heavy (non-hydrogen) atoms. The molecule has 1 aliphatic rings. The SMILES string of the molecule is O=C(O)[C@H]1CCCN1C(=O)c1cccc(Oc2ccncc2)c1. The Labute approximate surface area is 133 Å². The lowest BCUT2D eigenvalue weighted by Gasteiger charge is -2.21. The number of rotatable bonds is 4. The number of nitrogens with zero attached hydrogens (tertiary/aromatic N) is 2. The predicted molar refractivity (Wildman–Crippen MR) is 82.4 cm³/mol. The molecule has 0 unspecified atom stereocenters. The van der Waals surface area contributed by atoms with Gasteiger partial charge in [-0.15, -0.1) is 0 Å². The quantitative estimate of drug-likeness (QED) is 0.938. The van der Waals surface area contributed by atoms with Crippen molar-refractivity contribution in [2.24, 2.45) is 0 Å². The van der Waals surface area contributed by atoms with Crippen molar-refractivity contribution in [3.05, 3.63) is 54.4 Å². The van der Waals surface area contributed by atoms with Gasteiger partial charge in [0.25, 0.3) is 5.91 Å². The minimum atomic E-state index is -0.958. The topological polar surface area (TPSA) is 79.7 Å². The molecule has 6 heteroatoms. The molecule has 2 aromatic rings. The lowest BCUT2D eigenvalue weighted by molar-refractivity contribution is -0.141. The fraction of sp³-hybridized carbons (Fsp3) is 0.235. The number of benzene rings is 1. The van der Waals surface area contributed by atoms with Gasteiger partial charge in [-0.2, -0.15) is 0 Å². The number of carbonyl (C=O) groups excluding carboxylic acids is 1. The van der Waals surface area contributed by atoms with Crippen LogP contribution in [0.1, 0.15) is 23.2 Å². The molecule has 118 valence electrons. The Morgan fingerprint density at radius 3 is 2.70 bits per heavy atom. The van der Waals surface area contributed by atoms with Crippen LogP contribution < -0.4 is 4.74 Å². The van der Waals surface area contributed by atoms with Crippen molar-refractivity contribution in [2.45, 2.75) is 18.9 Å². The molecule has 1 saturated heterocycles. The van der Waals surface area contributed by atoms with Crippen molar-refractivity contribution < 1.29 is 19.4 Å². The highest BCUT2D eigenvalue weighted by molar-refractivity contribution is 5.97. The van der Waals surface area contributed by atoms with Gasteiger partial charge in [0.05, 0.1) is 0 Å². The van der Waals surface area contributed by atoms with Crippen LogP contribution in [0, 0.1) is 0 Å². The molecule has 2 heterocycles. The van der Waals surface area contributed by atoms with Gasteiger partial charge in [-0.05, 0) is 43.2 Å². The van der Waals surface area contributed by atoms with Crippen LogP contribution in [-0.4, -0.2) is 39.5 Å². The van der Waals surface area contributed by atoms with E-state index < -0.39 is 12.0 Å². The molecule has 1 aromatic heterocycles. The maximum atomic E-state index is 12.6. The number of likely N-dealkylation sites (tertiary alicyclic amines) is 1. The second-order valence-corrected chi connectivity index (χ2v) is 5.31. The van der Waals surface area contributed by atoms with E-state index in [-0.39, 0.29) is 5.91 Å². The van der Waals surface area contributed by atoms with Crippen molar-refractivity contribution in [3.63, 3.8) is 0 Å². The Morgan fingerprint density at radius 1 is 1.17 bits per heavy atom. The minimum Gasteiger partial charge on any atom is -0.480 e. The van der Waals surface area contributed by atoms with E-state index in [2.05, 4.69) is 4.98 Å². The van der Waals surface area contributed by atoms with Gasteiger partial charge >= 0.3 is 5.97 Å². The fourth-order valence-corrected chi connectivity index (χ4v) is 2.67. The lowest BCUT2D eigenvalue weighted by atomic mass is 10.1. The molecule has 0 bridgehead atoms. The fourth-order valence-electron chi connectivity index (χ4n) is 2.67. The molecule has 1 atom stereocenters. The number of carboxylic acid groups (broad SMARTS) is 1. The number of carbonyl (C=O) groups is 2. The Kier molecular flexibility index (Phi) is 4.23. The number of pyridine rings is 1. The number of hydrogen-bond donors (Lipinski definition) is 1. The number of aliphatic carboxylic acids is 1. The first-order valence-corrected chi connectivity index (χ1v) is 7.37. The summed E-state index contributed by atoms with van der Waals surface area (Å²) in [5, 5.41) is 9.20. The number of aromatic nitrogens is 1. The third-order valence-electron chi connectivity index (χ3n) is 3.77. The minimum absolute atomic E-state index is 0.282. The van der Waals surface area contributed by atoms with Gasteiger partial charge in [0.15, 0.2) is 0 Å². The van der Waals surface area contributed by atoms with Gasteiger partial charge in [0, 0.05) is 24.5 Å². The third kappa shape index (κ3) is 3.31. The van der Waals surface area contributed by atoms with Crippen LogP contribution in [0.5, 0.6) is 11.5 Å². The smallest absolute Gasteiger partial charge is 0.326 e. The van der Waals surface area contributed by atoms with E-state index >= 15 is 0 Å².